The molecule has 0 saturated carbocycles. The Bertz CT molecular complexity index is 1240. The van der Waals surface area contributed by atoms with E-state index < -0.39 is 28.9 Å². The predicted molar refractivity (Wildman–Crippen MR) is 129 cm³/mol. The lowest BCUT2D eigenvalue weighted by Crippen LogP contribution is -2.50. The predicted octanol–water partition coefficient (Wildman–Crippen LogP) is 4.12. The Morgan fingerprint density at radius 1 is 1.03 bits per heavy atom. The molecule has 0 radical (unpaired) electrons. The monoisotopic (exact) mass is 515 g/mol. The fourth-order valence-corrected chi connectivity index (χ4v) is 4.70. The van der Waals surface area contributed by atoms with E-state index in [1.807, 2.05) is 0 Å². The first-order valence-electron chi connectivity index (χ1n) is 11.3. The summed E-state index contributed by atoms with van der Waals surface area (Å²) in [5.41, 5.74) is 0.973. The number of hydrogen-bond donors (Lipinski definition) is 0. The van der Waals surface area contributed by atoms with Gasteiger partial charge in [0.1, 0.15) is 11.6 Å². The Morgan fingerprint density at radius 2 is 1.75 bits per heavy atom. The molecular weight excluding hydrogens is 492 g/mol. The molecule has 4 amide bonds. The van der Waals surface area contributed by atoms with Crippen LogP contribution in [0.15, 0.2) is 47.4 Å². The topological polar surface area (TPSA) is 87.2 Å². The molecule has 0 spiro atoms. The van der Waals surface area contributed by atoms with Gasteiger partial charge in [0.25, 0.3) is 17.1 Å². The van der Waals surface area contributed by atoms with Gasteiger partial charge in [0.05, 0.1) is 18.1 Å². The molecule has 0 unspecified atom stereocenters. The number of ether oxygens (including phenoxy) is 1. The Kier molecular flexibility index (Phi) is 7.68. The van der Waals surface area contributed by atoms with Crippen LogP contribution in [0.1, 0.15) is 28.4 Å². The minimum Gasteiger partial charge on any atom is -0.450 e. The molecule has 8 nitrogen and oxygen atoms in total. The first-order valence-corrected chi connectivity index (χ1v) is 12.1. The van der Waals surface area contributed by atoms with Crippen LogP contribution >= 0.6 is 11.8 Å². The van der Waals surface area contributed by atoms with Crippen molar-refractivity contribution in [2.45, 2.75) is 13.5 Å². The second kappa shape index (κ2) is 10.9. The van der Waals surface area contributed by atoms with E-state index in [2.05, 4.69) is 0 Å². The number of halogens is 2. The van der Waals surface area contributed by atoms with E-state index >= 15 is 0 Å². The van der Waals surface area contributed by atoms with Gasteiger partial charge in [0.15, 0.2) is 0 Å². The molecule has 2 saturated heterocycles. The first-order chi connectivity index (χ1) is 17.3. The van der Waals surface area contributed by atoms with Crippen molar-refractivity contribution in [3.63, 3.8) is 0 Å². The van der Waals surface area contributed by atoms with Gasteiger partial charge in [-0.3, -0.25) is 19.3 Å². The molecule has 2 aliphatic heterocycles. The normalized spacial score (nSPS) is 17.2. The maximum atomic E-state index is 14.0. The summed E-state index contributed by atoms with van der Waals surface area (Å²) in [4.78, 5) is 54.3. The van der Waals surface area contributed by atoms with E-state index in [1.165, 1.54) is 12.1 Å². The van der Waals surface area contributed by atoms with Gasteiger partial charge in [0.2, 0.25) is 0 Å². The van der Waals surface area contributed by atoms with Crippen molar-refractivity contribution in [1.82, 2.24) is 14.7 Å². The number of amides is 4. The zero-order valence-electron chi connectivity index (χ0n) is 19.4. The van der Waals surface area contributed by atoms with Crippen molar-refractivity contribution < 1.29 is 32.7 Å². The molecule has 0 bridgehead atoms. The van der Waals surface area contributed by atoms with Crippen molar-refractivity contribution in [2.24, 2.45) is 0 Å². The van der Waals surface area contributed by atoms with Gasteiger partial charge < -0.3 is 14.5 Å². The molecule has 2 aromatic rings. The highest BCUT2D eigenvalue weighted by Gasteiger charge is 2.35. The number of imide groups is 1. The SMILES string of the molecule is CCOC(=O)N1CCN(C(=O)c2cccc(C=C3SC(=O)N(Cc4ccc(F)cc4F)C3=O)c2)CC1. The van der Waals surface area contributed by atoms with Crippen LogP contribution in [0.3, 0.4) is 0 Å². The minimum atomic E-state index is -0.840. The third-order valence-corrected chi connectivity index (χ3v) is 6.65. The zero-order valence-corrected chi connectivity index (χ0v) is 20.2. The van der Waals surface area contributed by atoms with Crippen molar-refractivity contribution in [2.75, 3.05) is 32.8 Å². The molecule has 2 fully saturated rings. The molecular formula is C25H23F2N3O5S. The molecule has 11 heteroatoms. The standard InChI is InChI=1S/C25H23F2N3O5S/c1-2-35-24(33)29-10-8-28(9-11-29)22(31)17-5-3-4-16(12-17)13-21-23(32)30(25(34)36-21)15-18-6-7-19(26)14-20(18)27/h3-7,12-14H,2,8-11,15H2,1H3. The Labute approximate surface area is 210 Å². The second-order valence-corrected chi connectivity index (χ2v) is 9.10. The maximum Gasteiger partial charge on any atom is 0.409 e. The third-order valence-electron chi connectivity index (χ3n) is 5.74. The van der Waals surface area contributed by atoms with Gasteiger partial charge in [-0.05, 0) is 48.5 Å². The quantitative estimate of drug-likeness (QED) is 0.557. The number of carbonyl (C=O) groups excluding carboxylic acids is 4. The van der Waals surface area contributed by atoms with E-state index in [-0.39, 0.29) is 29.5 Å². The van der Waals surface area contributed by atoms with Gasteiger partial charge in [-0.15, -0.1) is 0 Å². The highest BCUT2D eigenvalue weighted by atomic mass is 32.2. The second-order valence-electron chi connectivity index (χ2n) is 8.11. The molecule has 0 N–H and O–H groups in total. The van der Waals surface area contributed by atoms with Crippen molar-refractivity contribution in [3.8, 4) is 0 Å². The molecule has 188 valence electrons. The van der Waals surface area contributed by atoms with Crippen LogP contribution < -0.4 is 0 Å². The van der Waals surface area contributed by atoms with Gasteiger partial charge >= 0.3 is 6.09 Å². The number of hydrogen-bond acceptors (Lipinski definition) is 6. The summed E-state index contributed by atoms with van der Waals surface area (Å²) in [6.07, 6.45) is 1.10. The summed E-state index contributed by atoms with van der Waals surface area (Å²) in [6.45, 7) is 3.16. The van der Waals surface area contributed by atoms with Crippen LogP contribution in [-0.4, -0.2) is 70.6 Å². The van der Waals surface area contributed by atoms with Gasteiger partial charge in [-0.1, -0.05) is 18.2 Å². The maximum absolute atomic E-state index is 14.0. The lowest BCUT2D eigenvalue weighted by molar-refractivity contribution is -0.123. The van der Waals surface area contributed by atoms with E-state index in [9.17, 15) is 28.0 Å². The zero-order chi connectivity index (χ0) is 25.8. The summed E-state index contributed by atoms with van der Waals surface area (Å²) >= 11 is 0.711. The summed E-state index contributed by atoms with van der Waals surface area (Å²) in [5, 5.41) is -0.568. The number of benzene rings is 2. The average Bonchev–Trinajstić information content (AvgIpc) is 3.12. The molecule has 0 atom stereocenters. The first kappa shape index (κ1) is 25.4. The number of piperazine rings is 1. The van der Waals surface area contributed by atoms with Crippen molar-refractivity contribution in [1.29, 1.82) is 0 Å². The number of rotatable bonds is 5. The van der Waals surface area contributed by atoms with E-state index in [4.69, 9.17) is 4.74 Å². The van der Waals surface area contributed by atoms with E-state index in [0.29, 0.717) is 55.1 Å². The highest BCUT2D eigenvalue weighted by molar-refractivity contribution is 8.18. The van der Waals surface area contributed by atoms with E-state index in [1.54, 1.807) is 41.0 Å². The molecule has 2 heterocycles. The number of nitrogens with zero attached hydrogens (tertiary/aromatic N) is 3. The Balaban J connectivity index is 1.44. The van der Waals surface area contributed by atoms with Crippen LogP contribution in [0.5, 0.6) is 0 Å². The van der Waals surface area contributed by atoms with Crippen LogP contribution in [0.4, 0.5) is 18.4 Å². The Hall–Kier alpha value is -3.73. The largest absolute Gasteiger partial charge is 0.450 e. The smallest absolute Gasteiger partial charge is 0.409 e. The lowest BCUT2D eigenvalue weighted by atomic mass is 10.1. The summed E-state index contributed by atoms with van der Waals surface area (Å²) in [5.74, 6) is -2.40. The molecule has 4 rings (SSSR count). The average molecular weight is 516 g/mol. The number of carbonyl (C=O) groups is 4. The summed E-state index contributed by atoms with van der Waals surface area (Å²) in [6, 6.07) is 9.60. The Morgan fingerprint density at radius 3 is 2.44 bits per heavy atom. The molecule has 0 aliphatic carbocycles. The van der Waals surface area contributed by atoms with Crippen molar-refractivity contribution >= 4 is 41.0 Å². The molecule has 2 aromatic carbocycles. The van der Waals surface area contributed by atoms with Crippen LogP contribution in [-0.2, 0) is 16.1 Å². The summed E-state index contributed by atoms with van der Waals surface area (Å²) < 4.78 is 32.1. The highest BCUT2D eigenvalue weighted by Crippen LogP contribution is 2.33. The van der Waals surface area contributed by atoms with Gasteiger partial charge in [0, 0.05) is 43.4 Å². The fraction of sp³-hybridized carbons (Fsp3) is 0.280. The molecule has 2 aliphatic rings. The van der Waals surface area contributed by atoms with E-state index in [0.717, 1.165) is 11.0 Å². The fourth-order valence-electron chi connectivity index (χ4n) is 3.86. The third kappa shape index (κ3) is 5.56. The minimum absolute atomic E-state index is 0.0237. The summed E-state index contributed by atoms with van der Waals surface area (Å²) in [7, 11) is 0. The number of thioether (sulfide) groups is 1. The molecule has 0 aromatic heterocycles. The molecule has 36 heavy (non-hydrogen) atoms. The van der Waals surface area contributed by atoms with Crippen LogP contribution in [0, 0.1) is 11.6 Å². The van der Waals surface area contributed by atoms with Gasteiger partial charge in [-0.25, -0.2) is 13.6 Å². The van der Waals surface area contributed by atoms with Crippen LogP contribution in [0.2, 0.25) is 0 Å². The van der Waals surface area contributed by atoms with Gasteiger partial charge in [-0.2, -0.15) is 0 Å². The lowest BCUT2D eigenvalue weighted by Gasteiger charge is -2.34. The van der Waals surface area contributed by atoms with Crippen molar-refractivity contribution in [3.05, 3.63) is 75.7 Å². The van der Waals surface area contributed by atoms with Crippen LogP contribution in [0.25, 0.3) is 6.08 Å².